The molecule has 18 heavy (non-hydrogen) atoms. The number of carbonyl (C=O) groups excluding carboxylic acids is 1. The van der Waals surface area contributed by atoms with Gasteiger partial charge in [-0.2, -0.15) is 0 Å². The summed E-state index contributed by atoms with van der Waals surface area (Å²) < 4.78 is 4.94. The highest BCUT2D eigenvalue weighted by Crippen LogP contribution is 2.15. The van der Waals surface area contributed by atoms with Crippen LogP contribution >= 0.6 is 11.3 Å². The molecule has 1 rings (SSSR count). The SMILES string of the molecule is COCCCCNC(=O)c1ccc(C#CCN)s1. The summed E-state index contributed by atoms with van der Waals surface area (Å²) >= 11 is 1.38. The Morgan fingerprint density at radius 3 is 3.06 bits per heavy atom. The van der Waals surface area contributed by atoms with Gasteiger partial charge in [0.1, 0.15) is 0 Å². The van der Waals surface area contributed by atoms with Crippen molar-refractivity contribution in [2.75, 3.05) is 26.8 Å². The third-order valence-corrected chi connectivity index (χ3v) is 3.20. The Morgan fingerprint density at radius 1 is 1.50 bits per heavy atom. The van der Waals surface area contributed by atoms with Crippen molar-refractivity contribution in [3.8, 4) is 11.8 Å². The molecule has 0 atom stereocenters. The van der Waals surface area contributed by atoms with Crippen LogP contribution in [0, 0.1) is 11.8 Å². The normalized spacial score (nSPS) is 9.67. The maximum atomic E-state index is 11.8. The van der Waals surface area contributed by atoms with E-state index in [9.17, 15) is 4.79 Å². The van der Waals surface area contributed by atoms with Gasteiger partial charge in [-0.3, -0.25) is 4.79 Å². The van der Waals surface area contributed by atoms with E-state index in [0.717, 1.165) is 24.3 Å². The lowest BCUT2D eigenvalue weighted by molar-refractivity contribution is 0.0955. The summed E-state index contributed by atoms with van der Waals surface area (Å²) in [6, 6.07) is 3.63. The summed E-state index contributed by atoms with van der Waals surface area (Å²) in [5.74, 6) is 5.63. The van der Waals surface area contributed by atoms with Crippen LogP contribution in [0.3, 0.4) is 0 Å². The van der Waals surface area contributed by atoms with Crippen LogP contribution in [0.5, 0.6) is 0 Å². The van der Waals surface area contributed by atoms with Gasteiger partial charge in [0.15, 0.2) is 0 Å². The largest absolute Gasteiger partial charge is 0.385 e. The van der Waals surface area contributed by atoms with Crippen molar-refractivity contribution in [3.63, 3.8) is 0 Å². The predicted molar refractivity (Wildman–Crippen MR) is 73.7 cm³/mol. The molecule has 1 amide bonds. The van der Waals surface area contributed by atoms with E-state index in [2.05, 4.69) is 17.2 Å². The van der Waals surface area contributed by atoms with Crippen molar-refractivity contribution in [1.82, 2.24) is 5.32 Å². The predicted octanol–water partition coefficient (Wildman–Crippen LogP) is 1.21. The van der Waals surface area contributed by atoms with Crippen LogP contribution in [0.4, 0.5) is 0 Å². The highest BCUT2D eigenvalue weighted by Gasteiger charge is 2.07. The molecule has 0 aliphatic carbocycles. The molecule has 1 heterocycles. The van der Waals surface area contributed by atoms with E-state index >= 15 is 0 Å². The van der Waals surface area contributed by atoms with E-state index in [1.807, 2.05) is 6.07 Å². The van der Waals surface area contributed by atoms with Crippen molar-refractivity contribution in [2.45, 2.75) is 12.8 Å². The Bertz CT molecular complexity index is 432. The minimum Gasteiger partial charge on any atom is -0.385 e. The summed E-state index contributed by atoms with van der Waals surface area (Å²) in [5.41, 5.74) is 5.29. The molecule has 0 unspecified atom stereocenters. The number of nitrogens with two attached hydrogens (primary N) is 1. The van der Waals surface area contributed by atoms with Crippen molar-refractivity contribution < 1.29 is 9.53 Å². The number of thiophene rings is 1. The molecule has 0 spiro atoms. The van der Waals surface area contributed by atoms with Gasteiger partial charge in [-0.1, -0.05) is 11.8 Å². The van der Waals surface area contributed by atoms with E-state index in [0.29, 0.717) is 18.0 Å². The summed E-state index contributed by atoms with van der Waals surface area (Å²) in [6.07, 6.45) is 1.87. The smallest absolute Gasteiger partial charge is 0.261 e. The first kappa shape index (κ1) is 14.7. The summed E-state index contributed by atoms with van der Waals surface area (Å²) in [4.78, 5) is 13.3. The molecular weight excluding hydrogens is 248 g/mol. The summed E-state index contributed by atoms with van der Waals surface area (Å²) in [5, 5.41) is 2.87. The molecule has 0 aliphatic rings. The quantitative estimate of drug-likeness (QED) is 0.601. The molecule has 0 fully saturated rings. The molecule has 0 radical (unpaired) electrons. The van der Waals surface area contributed by atoms with Gasteiger partial charge in [0.2, 0.25) is 0 Å². The molecule has 0 saturated heterocycles. The molecular formula is C13H18N2O2S. The second-order valence-electron chi connectivity index (χ2n) is 3.63. The number of rotatable bonds is 6. The molecule has 5 heteroatoms. The molecule has 0 bridgehead atoms. The zero-order chi connectivity index (χ0) is 13.2. The van der Waals surface area contributed by atoms with Gasteiger partial charge in [-0.15, -0.1) is 11.3 Å². The van der Waals surface area contributed by atoms with Crippen molar-refractivity contribution in [3.05, 3.63) is 21.9 Å². The van der Waals surface area contributed by atoms with E-state index < -0.39 is 0 Å². The Kier molecular flexibility index (Phi) is 7.11. The number of unbranched alkanes of at least 4 members (excludes halogenated alkanes) is 1. The van der Waals surface area contributed by atoms with Crippen LogP contribution in [0.25, 0.3) is 0 Å². The minimum absolute atomic E-state index is 0.0433. The monoisotopic (exact) mass is 266 g/mol. The third-order valence-electron chi connectivity index (χ3n) is 2.20. The second-order valence-corrected chi connectivity index (χ2v) is 4.71. The molecule has 98 valence electrons. The fraction of sp³-hybridized carbons (Fsp3) is 0.462. The lowest BCUT2D eigenvalue weighted by Crippen LogP contribution is -2.23. The number of hydrogen-bond donors (Lipinski definition) is 2. The first-order chi connectivity index (χ1) is 8.77. The van der Waals surface area contributed by atoms with E-state index in [4.69, 9.17) is 10.5 Å². The van der Waals surface area contributed by atoms with Crippen molar-refractivity contribution in [1.29, 1.82) is 0 Å². The average molecular weight is 266 g/mol. The Labute approximate surface area is 112 Å². The minimum atomic E-state index is -0.0433. The van der Waals surface area contributed by atoms with E-state index in [1.165, 1.54) is 11.3 Å². The maximum absolute atomic E-state index is 11.8. The van der Waals surface area contributed by atoms with Crippen LogP contribution < -0.4 is 11.1 Å². The van der Waals surface area contributed by atoms with E-state index in [-0.39, 0.29) is 5.91 Å². The molecule has 4 nitrogen and oxygen atoms in total. The van der Waals surface area contributed by atoms with Gasteiger partial charge in [0, 0.05) is 20.3 Å². The highest BCUT2D eigenvalue weighted by atomic mass is 32.1. The number of ether oxygens (including phenoxy) is 1. The Balaban J connectivity index is 2.35. The Hall–Kier alpha value is -1.35. The average Bonchev–Trinajstić information content (AvgIpc) is 2.84. The standard InChI is InChI=1S/C13H18N2O2S/c1-17-10-3-2-9-15-13(16)12-7-6-11(18-12)5-4-8-14/h6-7H,2-3,8-10,14H2,1H3,(H,15,16). The maximum Gasteiger partial charge on any atom is 0.261 e. The van der Waals surface area contributed by atoms with Crippen molar-refractivity contribution in [2.24, 2.45) is 5.73 Å². The van der Waals surface area contributed by atoms with Gasteiger partial charge >= 0.3 is 0 Å². The number of carbonyl (C=O) groups is 1. The van der Waals surface area contributed by atoms with Crippen LogP contribution in [-0.4, -0.2) is 32.7 Å². The molecule has 0 aliphatic heterocycles. The number of amides is 1. The molecule has 0 saturated carbocycles. The first-order valence-electron chi connectivity index (χ1n) is 5.84. The van der Waals surface area contributed by atoms with Gasteiger partial charge in [-0.25, -0.2) is 0 Å². The van der Waals surface area contributed by atoms with Gasteiger partial charge in [0.05, 0.1) is 16.3 Å². The fourth-order valence-corrected chi connectivity index (χ4v) is 2.12. The van der Waals surface area contributed by atoms with Crippen LogP contribution in [0.2, 0.25) is 0 Å². The van der Waals surface area contributed by atoms with Gasteiger partial charge < -0.3 is 15.8 Å². The topological polar surface area (TPSA) is 64.3 Å². The molecule has 1 aromatic rings. The molecule has 0 aromatic carbocycles. The lowest BCUT2D eigenvalue weighted by atomic mass is 10.3. The number of nitrogens with one attached hydrogen (secondary N) is 1. The highest BCUT2D eigenvalue weighted by molar-refractivity contribution is 7.14. The first-order valence-corrected chi connectivity index (χ1v) is 6.65. The van der Waals surface area contributed by atoms with Gasteiger partial charge in [-0.05, 0) is 25.0 Å². The zero-order valence-electron chi connectivity index (χ0n) is 10.5. The molecule has 3 N–H and O–H groups in total. The molecule has 1 aromatic heterocycles. The van der Waals surface area contributed by atoms with Gasteiger partial charge in [0.25, 0.3) is 5.91 Å². The fourth-order valence-electron chi connectivity index (χ4n) is 1.33. The Morgan fingerprint density at radius 2 is 2.33 bits per heavy atom. The lowest BCUT2D eigenvalue weighted by Gasteiger charge is -2.02. The third kappa shape index (κ3) is 5.32. The number of hydrogen-bond acceptors (Lipinski definition) is 4. The van der Waals surface area contributed by atoms with Crippen LogP contribution in [0.1, 0.15) is 27.4 Å². The summed E-state index contributed by atoms with van der Waals surface area (Å²) in [6.45, 7) is 1.73. The zero-order valence-corrected chi connectivity index (χ0v) is 11.3. The number of methoxy groups -OCH3 is 1. The summed E-state index contributed by atoms with van der Waals surface area (Å²) in [7, 11) is 1.67. The van der Waals surface area contributed by atoms with Crippen LogP contribution in [0.15, 0.2) is 12.1 Å². The van der Waals surface area contributed by atoms with E-state index in [1.54, 1.807) is 13.2 Å². The second kappa shape index (κ2) is 8.70. The van der Waals surface area contributed by atoms with Crippen molar-refractivity contribution >= 4 is 17.2 Å². The van der Waals surface area contributed by atoms with Crippen LogP contribution in [-0.2, 0) is 4.74 Å².